The summed E-state index contributed by atoms with van der Waals surface area (Å²) in [5.74, 6) is 1.28. The van der Waals surface area contributed by atoms with Gasteiger partial charge in [0.25, 0.3) is 5.91 Å². The molecule has 4 rings (SSSR count). The van der Waals surface area contributed by atoms with E-state index < -0.39 is 0 Å². The number of halogens is 1. The first-order chi connectivity index (χ1) is 14.5. The molecule has 6 heteroatoms. The van der Waals surface area contributed by atoms with Crippen LogP contribution in [0.25, 0.3) is 0 Å². The van der Waals surface area contributed by atoms with Crippen molar-refractivity contribution in [2.45, 2.75) is 39.4 Å². The third-order valence-electron chi connectivity index (χ3n) is 5.50. The predicted molar refractivity (Wildman–Crippen MR) is 117 cm³/mol. The van der Waals surface area contributed by atoms with Crippen molar-refractivity contribution in [2.75, 3.05) is 6.79 Å². The largest absolute Gasteiger partial charge is 0.454 e. The number of ether oxygens (including phenoxy) is 2. The Morgan fingerprint density at radius 2 is 1.97 bits per heavy atom. The normalized spacial score (nSPS) is 13.3. The molecule has 0 fully saturated rings. The molecule has 1 aliphatic rings. The molecule has 1 aromatic heterocycles. The van der Waals surface area contributed by atoms with Crippen LogP contribution in [0.3, 0.4) is 0 Å². The van der Waals surface area contributed by atoms with E-state index in [9.17, 15) is 4.79 Å². The van der Waals surface area contributed by atoms with E-state index in [1.165, 1.54) is 0 Å². The van der Waals surface area contributed by atoms with Gasteiger partial charge in [-0.1, -0.05) is 30.7 Å². The minimum absolute atomic E-state index is 0.0156. The molecule has 2 aromatic carbocycles. The lowest BCUT2D eigenvalue weighted by Gasteiger charge is -2.29. The fourth-order valence-corrected chi connectivity index (χ4v) is 3.81. The van der Waals surface area contributed by atoms with Crippen LogP contribution in [-0.4, -0.2) is 28.2 Å². The quantitative estimate of drug-likeness (QED) is 0.512. The molecule has 2 heterocycles. The Bertz CT molecular complexity index is 1050. The summed E-state index contributed by atoms with van der Waals surface area (Å²) in [6, 6.07) is 17.4. The van der Waals surface area contributed by atoms with E-state index in [0.29, 0.717) is 30.2 Å². The topological polar surface area (TPSA) is 43.7 Å². The summed E-state index contributed by atoms with van der Waals surface area (Å²) in [4.78, 5) is 15.3. The average Bonchev–Trinajstić information content (AvgIpc) is 3.39. The molecule has 0 saturated carbocycles. The van der Waals surface area contributed by atoms with Crippen molar-refractivity contribution >= 4 is 17.5 Å². The van der Waals surface area contributed by atoms with Crippen LogP contribution in [0.1, 0.15) is 41.9 Å². The maximum absolute atomic E-state index is 13.4. The van der Waals surface area contributed by atoms with Gasteiger partial charge in [-0.05, 0) is 61.4 Å². The zero-order valence-electron chi connectivity index (χ0n) is 17.2. The molecule has 0 spiro atoms. The van der Waals surface area contributed by atoms with Crippen molar-refractivity contribution in [2.24, 2.45) is 0 Å². The van der Waals surface area contributed by atoms with E-state index in [0.717, 1.165) is 22.7 Å². The van der Waals surface area contributed by atoms with Gasteiger partial charge in [-0.3, -0.25) is 4.79 Å². The maximum Gasteiger partial charge on any atom is 0.254 e. The van der Waals surface area contributed by atoms with Gasteiger partial charge in [0.05, 0.1) is 6.54 Å². The molecular weight excluding hydrogens is 400 g/mol. The smallest absolute Gasteiger partial charge is 0.254 e. The zero-order valence-corrected chi connectivity index (χ0v) is 17.9. The first-order valence-corrected chi connectivity index (χ1v) is 10.5. The minimum Gasteiger partial charge on any atom is -0.454 e. The summed E-state index contributed by atoms with van der Waals surface area (Å²) in [7, 11) is 0. The van der Waals surface area contributed by atoms with Gasteiger partial charge in [0, 0.05) is 35.1 Å². The number of nitrogens with zero attached hydrogens (tertiary/aromatic N) is 2. The number of carbonyl (C=O) groups excluding carboxylic acids is 1. The third kappa shape index (κ3) is 4.31. The lowest BCUT2D eigenvalue weighted by Crippen LogP contribution is -2.38. The van der Waals surface area contributed by atoms with Gasteiger partial charge in [0.15, 0.2) is 11.5 Å². The third-order valence-corrected chi connectivity index (χ3v) is 5.74. The summed E-state index contributed by atoms with van der Waals surface area (Å²) >= 11 is 6.14. The number of hydrogen-bond donors (Lipinski definition) is 0. The van der Waals surface area contributed by atoms with Crippen LogP contribution < -0.4 is 9.47 Å². The van der Waals surface area contributed by atoms with Gasteiger partial charge in [-0.15, -0.1) is 0 Å². The number of amides is 1. The first-order valence-electron chi connectivity index (χ1n) is 10.1. The van der Waals surface area contributed by atoms with Gasteiger partial charge < -0.3 is 18.9 Å². The summed E-state index contributed by atoms with van der Waals surface area (Å²) < 4.78 is 13.0. The number of benzene rings is 2. The van der Waals surface area contributed by atoms with Crippen molar-refractivity contribution < 1.29 is 14.3 Å². The Kier molecular flexibility index (Phi) is 6.00. The zero-order chi connectivity index (χ0) is 21.1. The Hall–Kier alpha value is -2.92. The number of rotatable bonds is 7. The van der Waals surface area contributed by atoms with E-state index in [-0.39, 0.29) is 18.7 Å². The Labute approximate surface area is 181 Å². The highest BCUT2D eigenvalue weighted by Crippen LogP contribution is 2.33. The highest BCUT2D eigenvalue weighted by Gasteiger charge is 2.24. The van der Waals surface area contributed by atoms with Gasteiger partial charge >= 0.3 is 0 Å². The lowest BCUT2D eigenvalue weighted by atomic mass is 10.1. The summed E-state index contributed by atoms with van der Waals surface area (Å²) in [5, 5.41) is 0.723. The van der Waals surface area contributed by atoms with Gasteiger partial charge in [0.1, 0.15) is 0 Å². The molecule has 0 saturated heterocycles. The second kappa shape index (κ2) is 8.84. The standard InChI is InChI=1S/C24H25ClN2O3/c1-3-17(2)27(24(28)19-9-10-22-23(13-19)30-16-29-22)15-21-8-5-11-26(21)14-18-6-4-7-20(25)12-18/h4-13,17H,3,14-16H2,1-2H3/t17-/m1/s1. The van der Waals surface area contributed by atoms with Gasteiger partial charge in [-0.2, -0.15) is 0 Å². The number of hydrogen-bond acceptors (Lipinski definition) is 3. The van der Waals surface area contributed by atoms with Crippen molar-refractivity contribution in [3.05, 3.63) is 82.6 Å². The molecule has 3 aromatic rings. The molecular formula is C24H25ClN2O3. The number of carbonyl (C=O) groups is 1. The van der Waals surface area contributed by atoms with Crippen molar-refractivity contribution in [3.8, 4) is 11.5 Å². The minimum atomic E-state index is -0.0156. The molecule has 1 amide bonds. The lowest BCUT2D eigenvalue weighted by molar-refractivity contribution is 0.0666. The monoisotopic (exact) mass is 424 g/mol. The summed E-state index contributed by atoms with van der Waals surface area (Å²) in [5.41, 5.74) is 2.80. The molecule has 1 atom stereocenters. The average molecular weight is 425 g/mol. The van der Waals surface area contributed by atoms with Crippen LogP contribution in [-0.2, 0) is 13.1 Å². The van der Waals surface area contributed by atoms with Crippen molar-refractivity contribution in [1.82, 2.24) is 9.47 Å². The number of fused-ring (bicyclic) bond motifs is 1. The predicted octanol–water partition coefficient (Wildman–Crippen LogP) is 5.36. The molecule has 5 nitrogen and oxygen atoms in total. The Balaban J connectivity index is 1.57. The summed E-state index contributed by atoms with van der Waals surface area (Å²) in [6.45, 7) is 5.59. The SMILES string of the molecule is CC[C@@H](C)N(Cc1cccn1Cc1cccc(Cl)c1)C(=O)c1ccc2c(c1)OCO2. The van der Waals surface area contributed by atoms with Crippen LogP contribution in [0.2, 0.25) is 5.02 Å². The highest BCUT2D eigenvalue weighted by molar-refractivity contribution is 6.30. The molecule has 1 aliphatic heterocycles. The van der Waals surface area contributed by atoms with E-state index in [4.69, 9.17) is 21.1 Å². The van der Waals surface area contributed by atoms with Gasteiger partial charge in [-0.25, -0.2) is 0 Å². The van der Waals surface area contributed by atoms with Crippen LogP contribution >= 0.6 is 11.6 Å². The van der Waals surface area contributed by atoms with Gasteiger partial charge in [0.2, 0.25) is 6.79 Å². The van der Waals surface area contributed by atoms with Crippen LogP contribution in [0.4, 0.5) is 0 Å². The Morgan fingerprint density at radius 3 is 2.77 bits per heavy atom. The first kappa shape index (κ1) is 20.4. The van der Waals surface area contributed by atoms with E-state index in [2.05, 4.69) is 30.5 Å². The maximum atomic E-state index is 13.4. The number of aromatic nitrogens is 1. The second-order valence-electron chi connectivity index (χ2n) is 7.52. The molecule has 156 valence electrons. The summed E-state index contributed by atoms with van der Waals surface area (Å²) in [6.07, 6.45) is 2.90. The Morgan fingerprint density at radius 1 is 1.13 bits per heavy atom. The van der Waals surface area contributed by atoms with E-state index >= 15 is 0 Å². The van der Waals surface area contributed by atoms with Crippen molar-refractivity contribution in [1.29, 1.82) is 0 Å². The van der Waals surface area contributed by atoms with Crippen LogP contribution in [0, 0.1) is 0 Å². The highest BCUT2D eigenvalue weighted by atomic mass is 35.5. The second-order valence-corrected chi connectivity index (χ2v) is 7.95. The molecule has 0 radical (unpaired) electrons. The molecule has 0 bridgehead atoms. The van der Waals surface area contributed by atoms with Crippen LogP contribution in [0.5, 0.6) is 11.5 Å². The molecule has 0 unspecified atom stereocenters. The molecule has 0 N–H and O–H groups in total. The van der Waals surface area contributed by atoms with Crippen LogP contribution in [0.15, 0.2) is 60.8 Å². The van der Waals surface area contributed by atoms with E-state index in [1.807, 2.05) is 35.4 Å². The fraction of sp³-hybridized carbons (Fsp3) is 0.292. The molecule has 30 heavy (non-hydrogen) atoms. The molecule has 0 aliphatic carbocycles. The van der Waals surface area contributed by atoms with E-state index in [1.54, 1.807) is 18.2 Å². The fourth-order valence-electron chi connectivity index (χ4n) is 3.60. The van der Waals surface area contributed by atoms with Crippen molar-refractivity contribution in [3.63, 3.8) is 0 Å².